The number of nitrogens with one attached hydrogen (secondary N) is 1. The largest absolute Gasteiger partial charge is 0.507 e. The molecule has 0 aromatic heterocycles. The van der Waals surface area contributed by atoms with Crippen molar-refractivity contribution in [2.75, 3.05) is 7.11 Å². The highest BCUT2D eigenvalue weighted by molar-refractivity contribution is 5.41. The van der Waals surface area contributed by atoms with Crippen LogP contribution in [-0.4, -0.2) is 12.2 Å². The highest BCUT2D eigenvalue weighted by atomic mass is 16.5. The van der Waals surface area contributed by atoms with E-state index in [0.717, 1.165) is 11.1 Å². The molecule has 1 unspecified atom stereocenters. The quantitative estimate of drug-likeness (QED) is 0.884. The van der Waals surface area contributed by atoms with Crippen LogP contribution < -0.4 is 10.1 Å². The minimum Gasteiger partial charge on any atom is -0.507 e. The van der Waals surface area contributed by atoms with Crippen LogP contribution in [0.3, 0.4) is 0 Å². The normalized spacial score (nSPS) is 11.7. The number of aromatic hydroxyl groups is 1. The molecule has 4 heteroatoms. The minimum absolute atomic E-state index is 0.0124. The summed E-state index contributed by atoms with van der Waals surface area (Å²) in [4.78, 5) is 0. The summed E-state index contributed by atoms with van der Waals surface area (Å²) in [6, 6.07) is 14.9. The number of methoxy groups -OCH3 is 1. The van der Waals surface area contributed by atoms with Crippen molar-refractivity contribution in [1.82, 2.24) is 5.32 Å². The lowest BCUT2D eigenvalue weighted by Gasteiger charge is -2.16. The van der Waals surface area contributed by atoms with Crippen molar-refractivity contribution in [2.45, 2.75) is 19.5 Å². The predicted octanol–water partition coefficient (Wildman–Crippen LogP) is 3.12. The molecule has 2 aromatic rings. The van der Waals surface area contributed by atoms with Gasteiger partial charge in [-0.1, -0.05) is 18.2 Å². The van der Waals surface area contributed by atoms with Crippen molar-refractivity contribution in [1.29, 1.82) is 5.26 Å². The Hall–Kier alpha value is -2.51. The summed E-state index contributed by atoms with van der Waals surface area (Å²) in [5, 5.41) is 22.2. The van der Waals surface area contributed by atoms with Crippen molar-refractivity contribution in [3.63, 3.8) is 0 Å². The Morgan fingerprint density at radius 2 is 2.10 bits per heavy atom. The Morgan fingerprint density at radius 1 is 1.29 bits per heavy atom. The molecule has 0 bridgehead atoms. The zero-order chi connectivity index (χ0) is 15.2. The van der Waals surface area contributed by atoms with Crippen LogP contribution in [0.4, 0.5) is 0 Å². The Morgan fingerprint density at radius 3 is 2.76 bits per heavy atom. The fourth-order valence-electron chi connectivity index (χ4n) is 2.15. The van der Waals surface area contributed by atoms with Crippen LogP contribution in [0.25, 0.3) is 0 Å². The fourth-order valence-corrected chi connectivity index (χ4v) is 2.15. The third-order valence-electron chi connectivity index (χ3n) is 3.37. The Labute approximate surface area is 124 Å². The molecule has 108 valence electrons. The lowest BCUT2D eigenvalue weighted by Crippen LogP contribution is -2.18. The second-order valence-corrected chi connectivity index (χ2v) is 4.84. The van der Waals surface area contributed by atoms with Crippen molar-refractivity contribution in [3.8, 4) is 17.6 Å². The Kier molecular flexibility index (Phi) is 4.81. The number of rotatable bonds is 5. The van der Waals surface area contributed by atoms with E-state index in [-0.39, 0.29) is 11.8 Å². The standard InChI is InChI=1S/C17H18N2O2/c1-12(16-7-6-15(21-2)9-17(16)20)19-11-14-5-3-4-13(8-14)10-18/h3-9,12,19-20H,11H2,1-2H3. The van der Waals surface area contributed by atoms with E-state index >= 15 is 0 Å². The summed E-state index contributed by atoms with van der Waals surface area (Å²) in [5.41, 5.74) is 2.50. The molecular formula is C17H18N2O2. The van der Waals surface area contributed by atoms with E-state index in [2.05, 4.69) is 11.4 Å². The van der Waals surface area contributed by atoms with E-state index in [1.54, 1.807) is 19.2 Å². The van der Waals surface area contributed by atoms with Crippen molar-refractivity contribution < 1.29 is 9.84 Å². The van der Waals surface area contributed by atoms with E-state index in [1.165, 1.54) is 0 Å². The van der Waals surface area contributed by atoms with Crippen LogP contribution in [-0.2, 0) is 6.54 Å². The first kappa shape index (κ1) is 14.9. The summed E-state index contributed by atoms with van der Waals surface area (Å²) in [6.45, 7) is 2.61. The van der Waals surface area contributed by atoms with Crippen molar-refractivity contribution in [3.05, 3.63) is 59.2 Å². The summed E-state index contributed by atoms with van der Waals surface area (Å²) in [5.74, 6) is 0.838. The highest BCUT2D eigenvalue weighted by Gasteiger charge is 2.11. The second kappa shape index (κ2) is 6.78. The molecule has 0 aliphatic heterocycles. The first-order valence-electron chi connectivity index (χ1n) is 6.73. The van der Waals surface area contributed by atoms with Gasteiger partial charge in [0.05, 0.1) is 18.7 Å². The van der Waals surface area contributed by atoms with Gasteiger partial charge >= 0.3 is 0 Å². The number of phenolic OH excluding ortho intramolecular Hbond substituents is 1. The molecule has 0 fully saturated rings. The highest BCUT2D eigenvalue weighted by Crippen LogP contribution is 2.28. The van der Waals surface area contributed by atoms with E-state index in [4.69, 9.17) is 10.00 Å². The smallest absolute Gasteiger partial charge is 0.124 e. The van der Waals surface area contributed by atoms with Gasteiger partial charge in [0.25, 0.3) is 0 Å². The number of nitrogens with zero attached hydrogens (tertiary/aromatic N) is 1. The molecule has 0 aliphatic rings. The first-order valence-corrected chi connectivity index (χ1v) is 6.73. The number of nitriles is 1. The minimum atomic E-state index is -0.0124. The molecule has 2 aromatic carbocycles. The number of phenols is 1. The zero-order valence-electron chi connectivity index (χ0n) is 12.1. The molecule has 0 aliphatic carbocycles. The predicted molar refractivity (Wildman–Crippen MR) is 81.1 cm³/mol. The van der Waals surface area contributed by atoms with Gasteiger partial charge in [-0.05, 0) is 30.7 Å². The summed E-state index contributed by atoms with van der Waals surface area (Å²) in [6.07, 6.45) is 0. The molecule has 0 heterocycles. The lowest BCUT2D eigenvalue weighted by molar-refractivity contribution is 0.404. The Balaban J connectivity index is 2.04. The molecule has 0 amide bonds. The van der Waals surface area contributed by atoms with Crippen LogP contribution >= 0.6 is 0 Å². The van der Waals surface area contributed by atoms with Crippen LogP contribution in [0.1, 0.15) is 29.7 Å². The summed E-state index contributed by atoms with van der Waals surface area (Å²) >= 11 is 0. The van der Waals surface area contributed by atoms with Gasteiger partial charge in [-0.3, -0.25) is 0 Å². The van der Waals surface area contributed by atoms with E-state index < -0.39 is 0 Å². The average Bonchev–Trinajstić information content (AvgIpc) is 2.52. The maximum Gasteiger partial charge on any atom is 0.124 e. The molecule has 4 nitrogen and oxygen atoms in total. The van der Waals surface area contributed by atoms with Gasteiger partial charge in [0.1, 0.15) is 11.5 Å². The van der Waals surface area contributed by atoms with E-state index in [1.807, 2.05) is 37.3 Å². The SMILES string of the molecule is COc1ccc(C(C)NCc2cccc(C#N)c2)c(O)c1. The molecular weight excluding hydrogens is 264 g/mol. The Bertz CT molecular complexity index is 662. The number of hydrogen-bond acceptors (Lipinski definition) is 4. The number of hydrogen-bond donors (Lipinski definition) is 2. The van der Waals surface area contributed by atoms with Gasteiger partial charge in [0.2, 0.25) is 0 Å². The number of benzene rings is 2. The van der Waals surface area contributed by atoms with Crippen LogP contribution in [0.2, 0.25) is 0 Å². The van der Waals surface area contributed by atoms with Crippen LogP contribution in [0.5, 0.6) is 11.5 Å². The molecule has 0 radical (unpaired) electrons. The third kappa shape index (κ3) is 3.74. The monoisotopic (exact) mass is 282 g/mol. The van der Waals surface area contributed by atoms with Gasteiger partial charge < -0.3 is 15.2 Å². The summed E-state index contributed by atoms with van der Waals surface area (Å²) < 4.78 is 5.07. The number of ether oxygens (including phenoxy) is 1. The topological polar surface area (TPSA) is 65.3 Å². The maximum atomic E-state index is 10.0. The van der Waals surface area contributed by atoms with E-state index in [0.29, 0.717) is 17.9 Å². The molecule has 0 saturated heterocycles. The maximum absolute atomic E-state index is 10.0. The van der Waals surface area contributed by atoms with Gasteiger partial charge in [0.15, 0.2) is 0 Å². The van der Waals surface area contributed by atoms with Gasteiger partial charge in [-0.25, -0.2) is 0 Å². The molecule has 2 rings (SSSR count). The van der Waals surface area contributed by atoms with Crippen LogP contribution in [0.15, 0.2) is 42.5 Å². The summed E-state index contributed by atoms with van der Waals surface area (Å²) in [7, 11) is 1.57. The van der Waals surface area contributed by atoms with E-state index in [9.17, 15) is 5.11 Å². The zero-order valence-corrected chi connectivity index (χ0v) is 12.1. The molecule has 2 N–H and O–H groups in total. The van der Waals surface area contributed by atoms with Gasteiger partial charge in [-0.2, -0.15) is 5.26 Å². The van der Waals surface area contributed by atoms with Gasteiger partial charge in [-0.15, -0.1) is 0 Å². The second-order valence-electron chi connectivity index (χ2n) is 4.84. The van der Waals surface area contributed by atoms with Crippen LogP contribution in [0, 0.1) is 11.3 Å². The molecule has 0 saturated carbocycles. The molecule has 21 heavy (non-hydrogen) atoms. The third-order valence-corrected chi connectivity index (χ3v) is 3.37. The average molecular weight is 282 g/mol. The van der Waals surface area contributed by atoms with Gasteiger partial charge in [0, 0.05) is 24.2 Å². The van der Waals surface area contributed by atoms with Crippen molar-refractivity contribution in [2.24, 2.45) is 0 Å². The molecule has 0 spiro atoms. The first-order chi connectivity index (χ1) is 10.1. The van der Waals surface area contributed by atoms with Crippen molar-refractivity contribution >= 4 is 0 Å². The molecule has 1 atom stereocenters. The fraction of sp³-hybridized carbons (Fsp3) is 0.235. The lowest BCUT2D eigenvalue weighted by atomic mass is 10.1.